The molecule has 1 amide bonds. The number of ether oxygens (including phenoxy) is 1. The van der Waals surface area contributed by atoms with Crippen LogP contribution in [0.4, 0.5) is 5.82 Å². The van der Waals surface area contributed by atoms with Crippen LogP contribution in [0.15, 0.2) is 22.8 Å². The summed E-state index contributed by atoms with van der Waals surface area (Å²) in [5.74, 6) is 0.443. The molecule has 0 radical (unpaired) electrons. The van der Waals surface area contributed by atoms with Gasteiger partial charge in [0.2, 0.25) is 0 Å². The molecule has 1 unspecified atom stereocenters. The maximum Gasteiger partial charge on any atom is 0.254 e. The molecular weight excluding hydrogens is 272 g/mol. The van der Waals surface area contributed by atoms with Gasteiger partial charge in [0.15, 0.2) is 0 Å². The van der Waals surface area contributed by atoms with Gasteiger partial charge in [-0.2, -0.15) is 0 Å². The SMILES string of the molecule is O=C(Nc1cc(Br)ccn1)C1CCCCO1. The van der Waals surface area contributed by atoms with Crippen LogP contribution in [0.5, 0.6) is 0 Å². The summed E-state index contributed by atoms with van der Waals surface area (Å²) in [4.78, 5) is 15.8. The van der Waals surface area contributed by atoms with Gasteiger partial charge < -0.3 is 10.1 Å². The Kier molecular flexibility index (Phi) is 3.90. The maximum atomic E-state index is 11.8. The van der Waals surface area contributed by atoms with Gasteiger partial charge in [-0.25, -0.2) is 4.98 Å². The maximum absolute atomic E-state index is 11.8. The molecule has 0 spiro atoms. The minimum absolute atomic E-state index is 0.106. The lowest BCUT2D eigenvalue weighted by molar-refractivity contribution is -0.130. The number of amides is 1. The fourth-order valence-electron chi connectivity index (χ4n) is 1.63. The summed E-state index contributed by atoms with van der Waals surface area (Å²) in [6.07, 6.45) is 4.19. The molecule has 4 nitrogen and oxygen atoms in total. The second kappa shape index (κ2) is 5.41. The summed E-state index contributed by atoms with van der Waals surface area (Å²) in [5, 5.41) is 2.75. The first-order valence-electron chi connectivity index (χ1n) is 5.30. The van der Waals surface area contributed by atoms with Crippen molar-refractivity contribution in [2.45, 2.75) is 25.4 Å². The smallest absolute Gasteiger partial charge is 0.254 e. The summed E-state index contributed by atoms with van der Waals surface area (Å²) >= 11 is 3.33. The molecule has 1 aliphatic rings. The van der Waals surface area contributed by atoms with E-state index in [2.05, 4.69) is 26.2 Å². The summed E-state index contributed by atoms with van der Waals surface area (Å²) in [6.45, 7) is 0.671. The van der Waals surface area contributed by atoms with Gasteiger partial charge in [-0.3, -0.25) is 4.79 Å². The van der Waals surface area contributed by atoms with Crippen LogP contribution in [0.2, 0.25) is 0 Å². The number of anilines is 1. The van der Waals surface area contributed by atoms with Crippen LogP contribution in [-0.4, -0.2) is 23.6 Å². The Morgan fingerprint density at radius 1 is 1.56 bits per heavy atom. The van der Waals surface area contributed by atoms with Gasteiger partial charge >= 0.3 is 0 Å². The Morgan fingerprint density at radius 2 is 2.44 bits per heavy atom. The molecule has 0 aromatic carbocycles. The third-order valence-electron chi connectivity index (χ3n) is 2.45. The van der Waals surface area contributed by atoms with Crippen LogP contribution < -0.4 is 5.32 Å². The molecule has 0 aliphatic carbocycles. The number of rotatable bonds is 2. The van der Waals surface area contributed by atoms with Crippen molar-refractivity contribution in [2.24, 2.45) is 0 Å². The van der Waals surface area contributed by atoms with E-state index in [1.54, 1.807) is 12.3 Å². The van der Waals surface area contributed by atoms with Crippen LogP contribution >= 0.6 is 15.9 Å². The van der Waals surface area contributed by atoms with Crippen molar-refractivity contribution in [2.75, 3.05) is 11.9 Å². The van der Waals surface area contributed by atoms with E-state index in [1.165, 1.54) is 0 Å². The van der Waals surface area contributed by atoms with Gasteiger partial charge in [0.1, 0.15) is 11.9 Å². The van der Waals surface area contributed by atoms with Gasteiger partial charge in [0.05, 0.1) is 0 Å². The largest absolute Gasteiger partial charge is 0.368 e. The highest BCUT2D eigenvalue weighted by atomic mass is 79.9. The molecule has 1 N–H and O–H groups in total. The lowest BCUT2D eigenvalue weighted by atomic mass is 10.1. The van der Waals surface area contributed by atoms with Crippen LogP contribution in [-0.2, 0) is 9.53 Å². The van der Waals surface area contributed by atoms with Crippen LogP contribution in [0.1, 0.15) is 19.3 Å². The van der Waals surface area contributed by atoms with Crippen molar-refractivity contribution in [1.29, 1.82) is 0 Å². The summed E-state index contributed by atoms with van der Waals surface area (Å²) in [6, 6.07) is 3.58. The summed E-state index contributed by atoms with van der Waals surface area (Å²) < 4.78 is 6.28. The van der Waals surface area contributed by atoms with Gasteiger partial charge in [0, 0.05) is 17.3 Å². The predicted molar refractivity (Wildman–Crippen MR) is 64.2 cm³/mol. The topological polar surface area (TPSA) is 51.2 Å². The van der Waals surface area contributed by atoms with Crippen LogP contribution in [0, 0.1) is 0 Å². The van der Waals surface area contributed by atoms with E-state index < -0.39 is 0 Å². The zero-order valence-electron chi connectivity index (χ0n) is 8.78. The second-order valence-electron chi connectivity index (χ2n) is 3.70. The first kappa shape index (κ1) is 11.5. The average molecular weight is 285 g/mol. The lowest BCUT2D eigenvalue weighted by Crippen LogP contribution is -2.33. The van der Waals surface area contributed by atoms with Crippen LogP contribution in [0.25, 0.3) is 0 Å². The Balaban J connectivity index is 1.96. The highest BCUT2D eigenvalue weighted by Crippen LogP contribution is 2.16. The fourth-order valence-corrected chi connectivity index (χ4v) is 1.96. The highest BCUT2D eigenvalue weighted by Gasteiger charge is 2.22. The standard InChI is InChI=1S/C11H13BrN2O2/c12-8-4-5-13-10(7-8)14-11(15)9-3-1-2-6-16-9/h4-5,7,9H,1-3,6H2,(H,13,14,15). The number of hydrogen-bond donors (Lipinski definition) is 1. The quantitative estimate of drug-likeness (QED) is 0.907. The fraction of sp³-hybridized carbons (Fsp3) is 0.455. The second-order valence-corrected chi connectivity index (χ2v) is 4.62. The van der Waals surface area contributed by atoms with E-state index in [9.17, 15) is 4.79 Å². The number of carbonyl (C=O) groups excluding carboxylic acids is 1. The number of aromatic nitrogens is 1. The average Bonchev–Trinajstić information content (AvgIpc) is 2.30. The zero-order valence-corrected chi connectivity index (χ0v) is 10.4. The Bertz CT molecular complexity index is 378. The van der Waals surface area contributed by atoms with Crippen molar-refractivity contribution in [3.05, 3.63) is 22.8 Å². The normalized spacial score (nSPS) is 20.4. The van der Waals surface area contributed by atoms with Gasteiger partial charge in [-0.05, 0) is 31.4 Å². The number of carbonyl (C=O) groups is 1. The number of hydrogen-bond acceptors (Lipinski definition) is 3. The van der Waals surface area contributed by atoms with E-state index in [0.717, 1.165) is 23.7 Å². The highest BCUT2D eigenvalue weighted by molar-refractivity contribution is 9.10. The van der Waals surface area contributed by atoms with Crippen molar-refractivity contribution in [1.82, 2.24) is 4.98 Å². The Morgan fingerprint density at radius 3 is 3.12 bits per heavy atom. The molecule has 1 aromatic rings. The van der Waals surface area contributed by atoms with E-state index in [4.69, 9.17) is 4.74 Å². The van der Waals surface area contributed by atoms with Crippen molar-refractivity contribution in [3.8, 4) is 0 Å². The van der Waals surface area contributed by atoms with Gasteiger partial charge in [-0.1, -0.05) is 15.9 Å². The molecule has 5 heteroatoms. The predicted octanol–water partition coefficient (Wildman–Crippen LogP) is 2.35. The zero-order chi connectivity index (χ0) is 11.4. The van der Waals surface area contributed by atoms with E-state index in [0.29, 0.717) is 12.4 Å². The molecule has 0 saturated carbocycles. The van der Waals surface area contributed by atoms with Gasteiger partial charge in [-0.15, -0.1) is 0 Å². The molecular formula is C11H13BrN2O2. The molecule has 1 fully saturated rings. The summed E-state index contributed by atoms with van der Waals surface area (Å²) in [5.41, 5.74) is 0. The molecule has 1 aromatic heterocycles. The summed E-state index contributed by atoms with van der Waals surface area (Å²) in [7, 11) is 0. The molecule has 2 heterocycles. The molecule has 1 aliphatic heterocycles. The van der Waals surface area contributed by atoms with E-state index in [1.807, 2.05) is 6.07 Å². The van der Waals surface area contributed by atoms with Crippen molar-refractivity contribution in [3.63, 3.8) is 0 Å². The molecule has 1 saturated heterocycles. The number of pyridine rings is 1. The third kappa shape index (κ3) is 3.02. The number of halogens is 1. The van der Waals surface area contributed by atoms with Crippen molar-refractivity contribution < 1.29 is 9.53 Å². The molecule has 16 heavy (non-hydrogen) atoms. The van der Waals surface area contributed by atoms with E-state index >= 15 is 0 Å². The Hall–Kier alpha value is -0.940. The monoisotopic (exact) mass is 284 g/mol. The lowest BCUT2D eigenvalue weighted by Gasteiger charge is -2.21. The molecule has 1 atom stereocenters. The Labute approximate surface area is 103 Å². The van der Waals surface area contributed by atoms with Crippen molar-refractivity contribution >= 4 is 27.7 Å². The minimum atomic E-state index is -0.325. The first-order chi connectivity index (χ1) is 7.75. The first-order valence-corrected chi connectivity index (χ1v) is 6.09. The molecule has 2 rings (SSSR count). The number of nitrogens with one attached hydrogen (secondary N) is 1. The van der Waals surface area contributed by atoms with Crippen LogP contribution in [0.3, 0.4) is 0 Å². The number of nitrogens with zero attached hydrogens (tertiary/aromatic N) is 1. The molecule has 0 bridgehead atoms. The van der Waals surface area contributed by atoms with Gasteiger partial charge in [0.25, 0.3) is 5.91 Å². The minimum Gasteiger partial charge on any atom is -0.368 e. The molecule has 86 valence electrons. The third-order valence-corrected chi connectivity index (χ3v) is 2.94. The van der Waals surface area contributed by atoms with E-state index in [-0.39, 0.29) is 12.0 Å².